The Kier molecular flexibility index (Phi) is 5.38. The zero-order valence-corrected chi connectivity index (χ0v) is 13.9. The fraction of sp³-hybridized carbons (Fsp3) is 0.600. The van der Waals surface area contributed by atoms with E-state index < -0.39 is 18.3 Å². The van der Waals surface area contributed by atoms with Crippen molar-refractivity contribution in [3.8, 4) is 11.9 Å². The number of rotatable bonds is 2. The molecule has 0 N–H and O–H groups in total. The van der Waals surface area contributed by atoms with Gasteiger partial charge < -0.3 is 14.0 Å². The predicted molar refractivity (Wildman–Crippen MR) is 82.6 cm³/mol. The van der Waals surface area contributed by atoms with Crippen LogP contribution in [-0.2, 0) is 9.31 Å². The molecule has 0 spiro atoms. The maximum atomic E-state index is 9.07. The lowest BCUT2D eigenvalue weighted by Crippen LogP contribution is -2.41. The van der Waals surface area contributed by atoms with E-state index in [1.165, 1.54) is 7.11 Å². The highest BCUT2D eigenvalue weighted by Gasteiger charge is 2.51. The maximum absolute atomic E-state index is 9.07. The van der Waals surface area contributed by atoms with Gasteiger partial charge >= 0.3 is 7.12 Å². The van der Waals surface area contributed by atoms with Gasteiger partial charge in [-0.1, -0.05) is 13.8 Å². The SMILES string of the molecule is CC.COc1ncc(B2OC(C)(C)C(C)(C)O2)cc1C#N. The standard InChI is InChI=1S/C13H17BN2O3.C2H6/c1-12(2)13(3,4)19-14(18-12)10-6-9(7-15)11(17-5)16-8-10;1-2/h6,8H,1-5H3;1-2H3. The molecule has 1 aliphatic heterocycles. The topological polar surface area (TPSA) is 64.4 Å². The number of nitriles is 1. The van der Waals surface area contributed by atoms with E-state index in [2.05, 4.69) is 11.1 Å². The number of hydrogen-bond donors (Lipinski definition) is 0. The molecule has 0 radical (unpaired) electrons. The molecule has 0 unspecified atom stereocenters. The van der Waals surface area contributed by atoms with Crippen LogP contribution >= 0.6 is 0 Å². The minimum Gasteiger partial charge on any atom is -0.480 e. The van der Waals surface area contributed by atoms with Crippen molar-refractivity contribution in [3.05, 3.63) is 17.8 Å². The van der Waals surface area contributed by atoms with Crippen LogP contribution in [0.5, 0.6) is 5.88 Å². The molecule has 0 saturated carbocycles. The van der Waals surface area contributed by atoms with Crippen LogP contribution in [0.15, 0.2) is 12.3 Å². The lowest BCUT2D eigenvalue weighted by molar-refractivity contribution is 0.00578. The van der Waals surface area contributed by atoms with Crippen molar-refractivity contribution in [3.63, 3.8) is 0 Å². The summed E-state index contributed by atoms with van der Waals surface area (Å²) in [5, 5.41) is 9.07. The Morgan fingerprint density at radius 1 is 1.19 bits per heavy atom. The number of aromatic nitrogens is 1. The van der Waals surface area contributed by atoms with E-state index in [1.54, 1.807) is 12.3 Å². The third kappa shape index (κ3) is 3.37. The first kappa shape index (κ1) is 17.5. The van der Waals surface area contributed by atoms with Gasteiger partial charge in [0.25, 0.3) is 0 Å². The summed E-state index contributed by atoms with van der Waals surface area (Å²) >= 11 is 0. The summed E-state index contributed by atoms with van der Waals surface area (Å²) in [5.41, 5.74) is 0.264. The van der Waals surface area contributed by atoms with Crippen LogP contribution in [0, 0.1) is 11.3 Å². The number of nitrogens with zero attached hydrogens (tertiary/aromatic N) is 2. The van der Waals surface area contributed by atoms with Crippen molar-refractivity contribution in [2.45, 2.75) is 52.7 Å². The van der Waals surface area contributed by atoms with Crippen molar-refractivity contribution < 1.29 is 14.0 Å². The first-order valence-electron chi connectivity index (χ1n) is 7.10. The molecule has 0 aliphatic carbocycles. The van der Waals surface area contributed by atoms with Gasteiger partial charge in [0.05, 0.1) is 18.3 Å². The van der Waals surface area contributed by atoms with E-state index in [9.17, 15) is 0 Å². The molecule has 1 aliphatic rings. The van der Waals surface area contributed by atoms with Crippen molar-refractivity contribution in [1.29, 1.82) is 5.26 Å². The zero-order chi connectivity index (χ0) is 16.3. The summed E-state index contributed by atoms with van der Waals surface area (Å²) in [6.07, 6.45) is 1.61. The van der Waals surface area contributed by atoms with Gasteiger partial charge in [0.15, 0.2) is 0 Å². The third-order valence-electron chi connectivity index (χ3n) is 3.71. The zero-order valence-electron chi connectivity index (χ0n) is 13.9. The van der Waals surface area contributed by atoms with E-state index >= 15 is 0 Å². The first-order chi connectivity index (χ1) is 9.80. The van der Waals surface area contributed by atoms with Crippen LogP contribution in [0.25, 0.3) is 0 Å². The molecule has 6 heteroatoms. The quantitative estimate of drug-likeness (QED) is 0.782. The number of methoxy groups -OCH3 is 1. The molecule has 5 nitrogen and oxygen atoms in total. The molecule has 2 heterocycles. The Bertz CT molecular complexity index is 522. The van der Waals surface area contributed by atoms with Gasteiger partial charge in [-0.05, 0) is 33.8 Å². The summed E-state index contributed by atoms with van der Waals surface area (Å²) < 4.78 is 16.8. The largest absolute Gasteiger partial charge is 0.496 e. The van der Waals surface area contributed by atoms with E-state index in [0.29, 0.717) is 11.4 Å². The Morgan fingerprint density at radius 3 is 2.14 bits per heavy atom. The van der Waals surface area contributed by atoms with Gasteiger partial charge in [-0.15, -0.1) is 0 Å². The molecule has 1 fully saturated rings. The molecule has 114 valence electrons. The highest BCUT2D eigenvalue weighted by atomic mass is 16.7. The van der Waals surface area contributed by atoms with Gasteiger partial charge in [-0.25, -0.2) is 4.98 Å². The van der Waals surface area contributed by atoms with Gasteiger partial charge in [0, 0.05) is 11.7 Å². The van der Waals surface area contributed by atoms with Crippen molar-refractivity contribution in [2.75, 3.05) is 7.11 Å². The van der Waals surface area contributed by atoms with Gasteiger partial charge in [0.2, 0.25) is 5.88 Å². The molecule has 21 heavy (non-hydrogen) atoms. The number of hydrogen-bond acceptors (Lipinski definition) is 5. The molecule has 0 aromatic carbocycles. The average Bonchev–Trinajstić information content (AvgIpc) is 2.69. The molecule has 0 bridgehead atoms. The van der Waals surface area contributed by atoms with Gasteiger partial charge in [0.1, 0.15) is 11.6 Å². The molecule has 0 atom stereocenters. The van der Waals surface area contributed by atoms with Crippen molar-refractivity contribution in [2.24, 2.45) is 0 Å². The van der Waals surface area contributed by atoms with E-state index in [4.69, 9.17) is 19.3 Å². The third-order valence-corrected chi connectivity index (χ3v) is 3.71. The second-order valence-corrected chi connectivity index (χ2v) is 5.53. The lowest BCUT2D eigenvalue weighted by Gasteiger charge is -2.32. The van der Waals surface area contributed by atoms with Crippen LogP contribution in [-0.4, -0.2) is 30.4 Å². The highest BCUT2D eigenvalue weighted by Crippen LogP contribution is 2.36. The lowest BCUT2D eigenvalue weighted by atomic mass is 9.80. The Morgan fingerprint density at radius 2 is 1.71 bits per heavy atom. The van der Waals surface area contributed by atoms with Crippen molar-refractivity contribution >= 4 is 12.6 Å². The van der Waals surface area contributed by atoms with E-state index in [-0.39, 0.29) is 0 Å². The summed E-state index contributed by atoms with van der Waals surface area (Å²) in [6, 6.07) is 3.74. The van der Waals surface area contributed by atoms with Crippen LogP contribution in [0.4, 0.5) is 0 Å². The number of ether oxygens (including phenoxy) is 1. The van der Waals surface area contributed by atoms with Crippen LogP contribution in [0.3, 0.4) is 0 Å². The Labute approximate surface area is 127 Å². The Hall–Kier alpha value is -1.58. The minimum atomic E-state index is -0.518. The van der Waals surface area contributed by atoms with E-state index in [0.717, 1.165) is 5.46 Å². The minimum absolute atomic E-state index is 0.308. The molecular formula is C15H23BN2O3. The predicted octanol–water partition coefficient (Wildman–Crippen LogP) is 2.29. The van der Waals surface area contributed by atoms with Gasteiger partial charge in [-0.2, -0.15) is 5.26 Å². The first-order valence-corrected chi connectivity index (χ1v) is 7.10. The number of pyridine rings is 1. The summed E-state index contributed by atoms with van der Waals surface area (Å²) in [5.74, 6) is 0.308. The fourth-order valence-corrected chi connectivity index (χ4v) is 1.82. The molecular weight excluding hydrogens is 267 g/mol. The molecule has 0 amide bonds. The van der Waals surface area contributed by atoms with Crippen LogP contribution in [0.1, 0.15) is 47.1 Å². The van der Waals surface area contributed by atoms with Crippen molar-refractivity contribution in [1.82, 2.24) is 4.98 Å². The fourth-order valence-electron chi connectivity index (χ4n) is 1.82. The molecule has 2 rings (SSSR count). The monoisotopic (exact) mass is 290 g/mol. The highest BCUT2D eigenvalue weighted by molar-refractivity contribution is 6.62. The summed E-state index contributed by atoms with van der Waals surface area (Å²) in [4.78, 5) is 4.10. The summed E-state index contributed by atoms with van der Waals surface area (Å²) in [7, 11) is 0.966. The van der Waals surface area contributed by atoms with E-state index in [1.807, 2.05) is 41.5 Å². The molecule has 1 aromatic heterocycles. The second kappa shape index (κ2) is 6.46. The summed E-state index contributed by atoms with van der Waals surface area (Å²) in [6.45, 7) is 11.9. The molecule has 1 saturated heterocycles. The van der Waals surface area contributed by atoms with Gasteiger partial charge in [-0.3, -0.25) is 0 Å². The average molecular weight is 290 g/mol. The smallest absolute Gasteiger partial charge is 0.480 e. The second-order valence-electron chi connectivity index (χ2n) is 5.53. The van der Waals surface area contributed by atoms with Crippen LogP contribution in [0.2, 0.25) is 0 Å². The normalized spacial score (nSPS) is 18.5. The molecule has 1 aromatic rings. The maximum Gasteiger partial charge on any atom is 0.496 e. The van der Waals surface area contributed by atoms with Crippen LogP contribution < -0.4 is 10.2 Å². The Balaban J connectivity index is 0.00000106.